The Balaban J connectivity index is 1.48. The summed E-state index contributed by atoms with van der Waals surface area (Å²) in [6.07, 6.45) is 5.06. The van der Waals surface area contributed by atoms with E-state index in [-0.39, 0.29) is 12.5 Å². The molecule has 22 heavy (non-hydrogen) atoms. The molecule has 6 nitrogen and oxygen atoms in total. The molecule has 1 fully saturated rings. The molecule has 0 radical (unpaired) electrons. The van der Waals surface area contributed by atoms with E-state index in [1.165, 1.54) is 0 Å². The minimum Gasteiger partial charge on any atom is -0.482 e. The third kappa shape index (κ3) is 3.52. The predicted molar refractivity (Wildman–Crippen MR) is 82.8 cm³/mol. The van der Waals surface area contributed by atoms with Gasteiger partial charge in [-0.3, -0.25) is 9.78 Å². The van der Waals surface area contributed by atoms with E-state index in [0.29, 0.717) is 18.8 Å². The molecule has 0 saturated carbocycles. The molecule has 1 saturated heterocycles. The third-order valence-corrected chi connectivity index (χ3v) is 3.60. The minimum absolute atomic E-state index is 0.00419. The van der Waals surface area contributed by atoms with Crippen LogP contribution in [0.25, 0.3) is 0 Å². The van der Waals surface area contributed by atoms with Gasteiger partial charge in [-0.25, -0.2) is 4.98 Å². The molecule has 0 aromatic carbocycles. The Morgan fingerprint density at radius 2 is 1.95 bits per heavy atom. The van der Waals surface area contributed by atoms with Gasteiger partial charge in [0.25, 0.3) is 5.91 Å². The molecule has 114 valence electrons. The maximum Gasteiger partial charge on any atom is 0.260 e. The van der Waals surface area contributed by atoms with Gasteiger partial charge in [-0.2, -0.15) is 0 Å². The first kappa shape index (κ1) is 14.3. The zero-order valence-corrected chi connectivity index (χ0v) is 12.3. The lowest BCUT2D eigenvalue weighted by atomic mass is 10.3. The van der Waals surface area contributed by atoms with Crippen LogP contribution in [0.2, 0.25) is 0 Å². The van der Waals surface area contributed by atoms with Crippen LogP contribution in [0.4, 0.5) is 5.82 Å². The molecule has 0 aliphatic carbocycles. The summed E-state index contributed by atoms with van der Waals surface area (Å²) in [6.45, 7) is 3.00. The smallest absolute Gasteiger partial charge is 0.260 e. The Bertz CT molecular complexity index is 598. The highest BCUT2D eigenvalue weighted by Crippen LogP contribution is 2.13. The lowest BCUT2D eigenvalue weighted by Crippen LogP contribution is -2.50. The van der Waals surface area contributed by atoms with Crippen molar-refractivity contribution >= 4 is 11.7 Å². The van der Waals surface area contributed by atoms with E-state index in [4.69, 9.17) is 4.74 Å². The van der Waals surface area contributed by atoms with Gasteiger partial charge >= 0.3 is 0 Å². The number of pyridine rings is 2. The van der Waals surface area contributed by atoms with Gasteiger partial charge in [-0.05, 0) is 24.3 Å². The Kier molecular flexibility index (Phi) is 4.48. The van der Waals surface area contributed by atoms with E-state index in [2.05, 4.69) is 14.9 Å². The van der Waals surface area contributed by atoms with Crippen molar-refractivity contribution in [3.8, 4) is 5.75 Å². The van der Waals surface area contributed by atoms with Gasteiger partial charge in [-0.1, -0.05) is 6.07 Å². The fraction of sp³-hybridized carbons (Fsp3) is 0.312. The normalized spacial score (nSPS) is 14.7. The molecule has 0 spiro atoms. The Labute approximate surface area is 129 Å². The maximum atomic E-state index is 12.2. The standard InChI is InChI=1S/C16H18N4O2/c21-16(13-22-14-4-3-6-17-12-14)20-10-8-19(9-11-20)15-5-1-2-7-18-15/h1-7,12H,8-11,13H2. The van der Waals surface area contributed by atoms with Crippen molar-refractivity contribution < 1.29 is 9.53 Å². The van der Waals surface area contributed by atoms with Gasteiger partial charge in [-0.15, -0.1) is 0 Å². The number of hydrogen-bond acceptors (Lipinski definition) is 5. The maximum absolute atomic E-state index is 12.2. The average Bonchev–Trinajstić information content (AvgIpc) is 2.61. The minimum atomic E-state index is 0.00419. The fourth-order valence-electron chi connectivity index (χ4n) is 2.39. The first-order valence-electron chi connectivity index (χ1n) is 7.29. The number of aromatic nitrogens is 2. The van der Waals surface area contributed by atoms with E-state index in [1.54, 1.807) is 30.7 Å². The molecule has 2 aromatic heterocycles. The van der Waals surface area contributed by atoms with E-state index in [1.807, 2.05) is 23.1 Å². The molecule has 3 heterocycles. The highest BCUT2D eigenvalue weighted by molar-refractivity contribution is 5.78. The summed E-state index contributed by atoms with van der Waals surface area (Å²) in [4.78, 5) is 24.5. The van der Waals surface area contributed by atoms with Gasteiger partial charge in [0.05, 0.1) is 6.20 Å². The molecule has 3 rings (SSSR count). The van der Waals surface area contributed by atoms with Gasteiger partial charge in [0.15, 0.2) is 6.61 Å². The number of rotatable bonds is 4. The predicted octanol–water partition coefficient (Wildman–Crippen LogP) is 1.20. The number of anilines is 1. The van der Waals surface area contributed by atoms with Crippen LogP contribution in [-0.4, -0.2) is 53.6 Å². The highest BCUT2D eigenvalue weighted by Gasteiger charge is 2.21. The van der Waals surface area contributed by atoms with E-state index in [9.17, 15) is 4.79 Å². The third-order valence-electron chi connectivity index (χ3n) is 3.60. The first-order chi connectivity index (χ1) is 10.8. The summed E-state index contributed by atoms with van der Waals surface area (Å²) in [5.74, 6) is 1.58. The zero-order chi connectivity index (χ0) is 15.2. The van der Waals surface area contributed by atoms with Crippen LogP contribution in [-0.2, 0) is 4.79 Å². The summed E-state index contributed by atoms with van der Waals surface area (Å²) >= 11 is 0. The van der Waals surface area contributed by atoms with Crippen molar-refractivity contribution in [3.05, 3.63) is 48.9 Å². The number of amides is 1. The highest BCUT2D eigenvalue weighted by atomic mass is 16.5. The second-order valence-corrected chi connectivity index (χ2v) is 5.03. The fourth-order valence-corrected chi connectivity index (χ4v) is 2.39. The summed E-state index contributed by atoms with van der Waals surface area (Å²) < 4.78 is 5.45. The van der Waals surface area contributed by atoms with Gasteiger partial charge in [0.2, 0.25) is 0 Å². The number of ether oxygens (including phenoxy) is 1. The largest absolute Gasteiger partial charge is 0.482 e. The molecule has 0 unspecified atom stereocenters. The second kappa shape index (κ2) is 6.89. The molecule has 1 amide bonds. The van der Waals surface area contributed by atoms with Gasteiger partial charge in [0.1, 0.15) is 11.6 Å². The summed E-state index contributed by atoms with van der Waals surface area (Å²) in [7, 11) is 0. The van der Waals surface area contributed by atoms with Crippen molar-refractivity contribution in [2.75, 3.05) is 37.7 Å². The van der Waals surface area contributed by atoms with E-state index in [0.717, 1.165) is 18.9 Å². The number of nitrogens with zero attached hydrogens (tertiary/aromatic N) is 4. The summed E-state index contributed by atoms with van der Waals surface area (Å²) in [6, 6.07) is 9.44. The van der Waals surface area contributed by atoms with Crippen molar-refractivity contribution in [1.29, 1.82) is 0 Å². The van der Waals surface area contributed by atoms with Crippen LogP contribution < -0.4 is 9.64 Å². The number of hydrogen-bond donors (Lipinski definition) is 0. The van der Waals surface area contributed by atoms with Crippen LogP contribution in [0.15, 0.2) is 48.9 Å². The van der Waals surface area contributed by atoms with Crippen LogP contribution in [0.3, 0.4) is 0 Å². The summed E-state index contributed by atoms with van der Waals surface area (Å²) in [5, 5.41) is 0. The lowest BCUT2D eigenvalue weighted by Gasteiger charge is -2.35. The molecule has 2 aromatic rings. The van der Waals surface area contributed by atoms with Gasteiger partial charge < -0.3 is 14.5 Å². The van der Waals surface area contributed by atoms with E-state index < -0.39 is 0 Å². The number of carbonyl (C=O) groups is 1. The molecular weight excluding hydrogens is 280 g/mol. The van der Waals surface area contributed by atoms with Gasteiger partial charge in [0, 0.05) is 38.6 Å². The van der Waals surface area contributed by atoms with Crippen LogP contribution in [0, 0.1) is 0 Å². The Hall–Kier alpha value is -2.63. The Morgan fingerprint density at radius 1 is 1.09 bits per heavy atom. The van der Waals surface area contributed by atoms with Crippen molar-refractivity contribution in [1.82, 2.24) is 14.9 Å². The molecule has 6 heteroatoms. The molecule has 1 aliphatic heterocycles. The number of piperazine rings is 1. The van der Waals surface area contributed by atoms with E-state index >= 15 is 0 Å². The number of carbonyl (C=O) groups excluding carboxylic acids is 1. The van der Waals surface area contributed by atoms with Crippen LogP contribution in [0.1, 0.15) is 0 Å². The topological polar surface area (TPSA) is 58.6 Å². The Morgan fingerprint density at radius 3 is 2.64 bits per heavy atom. The molecule has 0 bridgehead atoms. The molecule has 0 N–H and O–H groups in total. The van der Waals surface area contributed by atoms with Crippen molar-refractivity contribution in [3.63, 3.8) is 0 Å². The molecular formula is C16H18N4O2. The van der Waals surface area contributed by atoms with Crippen LogP contribution >= 0.6 is 0 Å². The van der Waals surface area contributed by atoms with Crippen molar-refractivity contribution in [2.45, 2.75) is 0 Å². The molecule has 0 atom stereocenters. The second-order valence-electron chi connectivity index (χ2n) is 5.03. The van der Waals surface area contributed by atoms with Crippen molar-refractivity contribution in [2.24, 2.45) is 0 Å². The quantitative estimate of drug-likeness (QED) is 0.849. The zero-order valence-electron chi connectivity index (χ0n) is 12.3. The SMILES string of the molecule is O=C(COc1cccnc1)N1CCN(c2ccccn2)CC1. The molecule has 1 aliphatic rings. The monoisotopic (exact) mass is 298 g/mol. The summed E-state index contributed by atoms with van der Waals surface area (Å²) in [5.41, 5.74) is 0. The lowest BCUT2D eigenvalue weighted by molar-refractivity contribution is -0.133. The van der Waals surface area contributed by atoms with Crippen LogP contribution in [0.5, 0.6) is 5.75 Å². The average molecular weight is 298 g/mol. The first-order valence-corrected chi connectivity index (χ1v) is 7.29.